The zero-order valence-electron chi connectivity index (χ0n) is 9.55. The van der Waals surface area contributed by atoms with E-state index in [-0.39, 0.29) is 10.7 Å². The van der Waals surface area contributed by atoms with Crippen molar-refractivity contribution in [2.24, 2.45) is 0 Å². The molecule has 0 atom stereocenters. The molecule has 0 bridgehead atoms. The molecule has 2 rings (SSSR count). The lowest BCUT2D eigenvalue weighted by Gasteiger charge is -2.05. The standard InChI is InChI=1S/C13H10ClNO3/c1-18-9-4-2-8(3-5-9)11-7-6-10(14)12(15-11)13(16)17/h2-7H,1H3,(H,16,17). The van der Waals surface area contributed by atoms with Gasteiger partial charge in [-0.1, -0.05) is 11.6 Å². The summed E-state index contributed by atoms with van der Waals surface area (Å²) < 4.78 is 5.05. The quantitative estimate of drug-likeness (QED) is 0.924. The van der Waals surface area contributed by atoms with Gasteiger partial charge in [-0.2, -0.15) is 0 Å². The van der Waals surface area contributed by atoms with Gasteiger partial charge in [-0.25, -0.2) is 9.78 Å². The van der Waals surface area contributed by atoms with E-state index in [4.69, 9.17) is 21.4 Å². The van der Waals surface area contributed by atoms with Crippen molar-refractivity contribution >= 4 is 17.6 Å². The van der Waals surface area contributed by atoms with Crippen LogP contribution in [0.25, 0.3) is 11.3 Å². The van der Waals surface area contributed by atoms with Gasteiger partial charge in [0, 0.05) is 5.56 Å². The van der Waals surface area contributed by atoms with E-state index in [9.17, 15) is 4.79 Å². The lowest BCUT2D eigenvalue weighted by atomic mass is 10.1. The molecular formula is C13H10ClNO3. The molecule has 0 unspecified atom stereocenters. The number of carboxylic acid groups (broad SMARTS) is 1. The number of hydrogen-bond acceptors (Lipinski definition) is 3. The monoisotopic (exact) mass is 263 g/mol. The summed E-state index contributed by atoms with van der Waals surface area (Å²) in [4.78, 5) is 15.0. The van der Waals surface area contributed by atoms with Gasteiger partial charge in [0.2, 0.25) is 0 Å². The highest BCUT2D eigenvalue weighted by molar-refractivity contribution is 6.33. The lowest BCUT2D eigenvalue weighted by Crippen LogP contribution is -2.02. The smallest absolute Gasteiger partial charge is 0.356 e. The fraction of sp³-hybridized carbons (Fsp3) is 0.0769. The number of aromatic carboxylic acids is 1. The number of methoxy groups -OCH3 is 1. The lowest BCUT2D eigenvalue weighted by molar-refractivity contribution is 0.0691. The van der Waals surface area contributed by atoms with Crippen molar-refractivity contribution < 1.29 is 14.6 Å². The number of nitrogens with zero attached hydrogens (tertiary/aromatic N) is 1. The average Bonchev–Trinajstić information content (AvgIpc) is 2.39. The number of aromatic nitrogens is 1. The Labute approximate surface area is 109 Å². The highest BCUT2D eigenvalue weighted by Gasteiger charge is 2.12. The van der Waals surface area contributed by atoms with Gasteiger partial charge in [0.15, 0.2) is 5.69 Å². The molecule has 0 spiro atoms. The van der Waals surface area contributed by atoms with E-state index in [0.29, 0.717) is 5.69 Å². The molecule has 0 aliphatic rings. The number of hydrogen-bond donors (Lipinski definition) is 1. The summed E-state index contributed by atoms with van der Waals surface area (Å²) >= 11 is 5.76. The molecule has 0 aliphatic heterocycles. The summed E-state index contributed by atoms with van der Waals surface area (Å²) in [7, 11) is 1.58. The molecule has 1 aromatic carbocycles. The average molecular weight is 264 g/mol. The van der Waals surface area contributed by atoms with Crippen LogP contribution in [-0.2, 0) is 0 Å². The minimum atomic E-state index is -1.14. The molecule has 0 fully saturated rings. The second kappa shape index (κ2) is 5.06. The highest BCUT2D eigenvalue weighted by atomic mass is 35.5. The van der Waals surface area contributed by atoms with Crippen molar-refractivity contribution in [2.75, 3.05) is 7.11 Å². The van der Waals surface area contributed by atoms with E-state index < -0.39 is 5.97 Å². The number of carboxylic acids is 1. The van der Waals surface area contributed by atoms with Crippen LogP contribution in [0.15, 0.2) is 36.4 Å². The van der Waals surface area contributed by atoms with Gasteiger partial charge >= 0.3 is 5.97 Å². The first kappa shape index (κ1) is 12.4. The van der Waals surface area contributed by atoms with E-state index in [1.165, 1.54) is 6.07 Å². The molecule has 0 saturated carbocycles. The Morgan fingerprint density at radius 2 is 1.89 bits per heavy atom. The maximum Gasteiger partial charge on any atom is 0.356 e. The zero-order chi connectivity index (χ0) is 13.1. The second-order valence-corrected chi connectivity index (χ2v) is 3.97. The number of pyridine rings is 1. The van der Waals surface area contributed by atoms with E-state index in [1.807, 2.05) is 0 Å². The predicted octanol–water partition coefficient (Wildman–Crippen LogP) is 3.11. The van der Waals surface area contributed by atoms with E-state index in [1.54, 1.807) is 37.4 Å². The summed E-state index contributed by atoms with van der Waals surface area (Å²) in [6, 6.07) is 10.4. The summed E-state index contributed by atoms with van der Waals surface area (Å²) in [5.41, 5.74) is 1.21. The maximum absolute atomic E-state index is 10.9. The van der Waals surface area contributed by atoms with E-state index in [0.717, 1.165) is 11.3 Å². The summed E-state index contributed by atoms with van der Waals surface area (Å²) in [5.74, 6) is -0.415. The van der Waals surface area contributed by atoms with Crippen LogP contribution in [0.2, 0.25) is 5.02 Å². The van der Waals surface area contributed by atoms with Crippen molar-refractivity contribution in [1.29, 1.82) is 0 Å². The Hall–Kier alpha value is -2.07. The fourth-order valence-corrected chi connectivity index (χ4v) is 1.70. The largest absolute Gasteiger partial charge is 0.497 e. The molecule has 1 aromatic heterocycles. The van der Waals surface area contributed by atoms with Crippen molar-refractivity contribution in [3.8, 4) is 17.0 Å². The van der Waals surface area contributed by atoms with Crippen molar-refractivity contribution in [3.05, 3.63) is 47.1 Å². The van der Waals surface area contributed by atoms with Crippen LogP contribution < -0.4 is 4.74 Å². The van der Waals surface area contributed by atoms with Gasteiger partial charge in [-0.05, 0) is 36.4 Å². The molecule has 0 amide bonds. The number of benzene rings is 1. The molecule has 0 radical (unpaired) electrons. The van der Waals surface area contributed by atoms with Crippen LogP contribution in [0.1, 0.15) is 10.5 Å². The molecular weight excluding hydrogens is 254 g/mol. The molecule has 4 nitrogen and oxygen atoms in total. The molecule has 1 heterocycles. The molecule has 18 heavy (non-hydrogen) atoms. The zero-order valence-corrected chi connectivity index (χ0v) is 10.3. The van der Waals surface area contributed by atoms with E-state index in [2.05, 4.69) is 4.98 Å². The Balaban J connectivity index is 2.44. The minimum Gasteiger partial charge on any atom is -0.497 e. The van der Waals surface area contributed by atoms with Crippen LogP contribution in [0.4, 0.5) is 0 Å². The van der Waals surface area contributed by atoms with Crippen LogP contribution >= 0.6 is 11.6 Å². The molecule has 0 aliphatic carbocycles. The Morgan fingerprint density at radius 3 is 2.44 bits per heavy atom. The van der Waals surface area contributed by atoms with Gasteiger partial charge < -0.3 is 9.84 Å². The number of carbonyl (C=O) groups is 1. The normalized spacial score (nSPS) is 10.1. The van der Waals surface area contributed by atoms with Gasteiger partial charge in [-0.15, -0.1) is 0 Å². The Morgan fingerprint density at radius 1 is 1.22 bits per heavy atom. The molecule has 92 valence electrons. The third-order valence-electron chi connectivity index (χ3n) is 2.43. The minimum absolute atomic E-state index is 0.125. The first-order valence-electron chi connectivity index (χ1n) is 5.16. The number of rotatable bonds is 3. The molecule has 2 aromatic rings. The van der Waals surface area contributed by atoms with E-state index >= 15 is 0 Å². The Bertz CT molecular complexity index is 581. The van der Waals surface area contributed by atoms with Gasteiger partial charge in [0.1, 0.15) is 5.75 Å². The summed E-state index contributed by atoms with van der Waals surface area (Å²) in [5, 5.41) is 9.08. The van der Waals surface area contributed by atoms with Crippen LogP contribution in [0, 0.1) is 0 Å². The predicted molar refractivity (Wildman–Crippen MR) is 68.2 cm³/mol. The topological polar surface area (TPSA) is 59.4 Å². The van der Waals surface area contributed by atoms with Gasteiger partial charge in [0.25, 0.3) is 0 Å². The second-order valence-electron chi connectivity index (χ2n) is 3.56. The van der Waals surface area contributed by atoms with Crippen LogP contribution in [0.3, 0.4) is 0 Å². The van der Waals surface area contributed by atoms with Gasteiger partial charge in [-0.3, -0.25) is 0 Å². The molecule has 0 saturated heterocycles. The Kier molecular flexibility index (Phi) is 3.48. The molecule has 1 N–H and O–H groups in total. The SMILES string of the molecule is COc1ccc(-c2ccc(Cl)c(C(=O)O)n2)cc1. The molecule has 5 heteroatoms. The van der Waals surface area contributed by atoms with Gasteiger partial charge in [0.05, 0.1) is 17.8 Å². The van der Waals surface area contributed by atoms with Crippen molar-refractivity contribution in [1.82, 2.24) is 4.98 Å². The third kappa shape index (κ3) is 2.43. The van der Waals surface area contributed by atoms with Crippen LogP contribution in [-0.4, -0.2) is 23.2 Å². The number of ether oxygens (including phenoxy) is 1. The number of halogens is 1. The van der Waals surface area contributed by atoms with Crippen LogP contribution in [0.5, 0.6) is 5.75 Å². The van der Waals surface area contributed by atoms with Crippen molar-refractivity contribution in [2.45, 2.75) is 0 Å². The summed E-state index contributed by atoms with van der Waals surface area (Å²) in [6.45, 7) is 0. The maximum atomic E-state index is 10.9. The highest BCUT2D eigenvalue weighted by Crippen LogP contribution is 2.23. The first-order chi connectivity index (χ1) is 8.61. The van der Waals surface area contributed by atoms with Crippen molar-refractivity contribution in [3.63, 3.8) is 0 Å². The third-order valence-corrected chi connectivity index (χ3v) is 2.74. The first-order valence-corrected chi connectivity index (χ1v) is 5.54. The summed E-state index contributed by atoms with van der Waals surface area (Å²) in [6.07, 6.45) is 0. The fourth-order valence-electron chi connectivity index (χ4n) is 1.51.